The van der Waals surface area contributed by atoms with Crippen LogP contribution < -0.4 is 25.1 Å². The number of methoxy groups -OCH3 is 2. The van der Waals surface area contributed by atoms with E-state index in [2.05, 4.69) is 20.1 Å². The SMILES string of the molecule is COc1cc(-c2cn(C)c(=O)c3cnc(C(C)(C)O)cc23)cc(OC)c1CN1CCC(CN2CCC3(CC2)CC(Oc2ccc4c(c2)C(=O)N(C2CCC(=O)NC2=O)C4)C3)CC1. The van der Waals surface area contributed by atoms with E-state index in [-0.39, 0.29) is 29.9 Å². The normalized spacial score (nSPS) is 21.3. The predicted molar refractivity (Wildman–Crippen MR) is 233 cm³/mol. The van der Waals surface area contributed by atoms with Crippen molar-refractivity contribution in [1.29, 1.82) is 0 Å². The van der Waals surface area contributed by atoms with Gasteiger partial charge in [0.15, 0.2) is 0 Å². The van der Waals surface area contributed by atoms with Gasteiger partial charge in [-0.25, -0.2) is 0 Å². The molecule has 4 aromatic rings. The zero-order valence-corrected chi connectivity index (χ0v) is 36.5. The van der Waals surface area contributed by atoms with Crippen molar-refractivity contribution < 1.29 is 33.7 Å². The number of nitrogens with zero attached hydrogens (tertiary/aromatic N) is 5. The molecule has 3 saturated heterocycles. The Bertz CT molecular complexity index is 2440. The molecule has 2 aromatic carbocycles. The van der Waals surface area contributed by atoms with E-state index in [9.17, 15) is 24.3 Å². The summed E-state index contributed by atoms with van der Waals surface area (Å²) >= 11 is 0. The maximum absolute atomic E-state index is 13.3. The number of hydrogen-bond donors (Lipinski definition) is 2. The number of hydrogen-bond acceptors (Lipinski definition) is 11. The number of fused-ring (bicyclic) bond motifs is 2. The van der Waals surface area contributed by atoms with E-state index in [1.807, 2.05) is 36.5 Å². The van der Waals surface area contributed by atoms with Gasteiger partial charge in [-0.1, -0.05) is 6.07 Å². The van der Waals surface area contributed by atoms with Crippen LogP contribution in [0.4, 0.5) is 0 Å². The van der Waals surface area contributed by atoms with E-state index in [4.69, 9.17) is 14.2 Å². The van der Waals surface area contributed by atoms with Crippen molar-refractivity contribution in [2.75, 3.05) is 46.9 Å². The number of ether oxygens (including phenoxy) is 3. The Morgan fingerprint density at radius 2 is 1.60 bits per heavy atom. The second-order valence-corrected chi connectivity index (χ2v) is 18.9. The Morgan fingerprint density at radius 3 is 2.26 bits per heavy atom. The van der Waals surface area contributed by atoms with Crippen LogP contribution in [0.25, 0.3) is 21.9 Å². The minimum atomic E-state index is -1.17. The van der Waals surface area contributed by atoms with Crippen LogP contribution in [0.3, 0.4) is 0 Å². The van der Waals surface area contributed by atoms with Crippen molar-refractivity contribution in [3.05, 3.63) is 81.5 Å². The number of aryl methyl sites for hydroxylation is 1. The van der Waals surface area contributed by atoms with Gasteiger partial charge in [0.2, 0.25) is 11.8 Å². The third kappa shape index (κ3) is 8.08. The molecule has 1 saturated carbocycles. The number of rotatable bonds is 11. The lowest BCUT2D eigenvalue weighted by Gasteiger charge is -2.52. The lowest BCUT2D eigenvalue weighted by molar-refractivity contribution is -0.136. The van der Waals surface area contributed by atoms with Crippen LogP contribution in [0.5, 0.6) is 17.2 Å². The summed E-state index contributed by atoms with van der Waals surface area (Å²) in [6, 6.07) is 10.9. The summed E-state index contributed by atoms with van der Waals surface area (Å²) in [7, 11) is 5.10. The fraction of sp³-hybridized carbons (Fsp3) is 0.521. The van der Waals surface area contributed by atoms with Gasteiger partial charge in [0.1, 0.15) is 28.9 Å². The second kappa shape index (κ2) is 16.4. The van der Waals surface area contributed by atoms with E-state index >= 15 is 0 Å². The Balaban J connectivity index is 0.763. The van der Waals surface area contributed by atoms with Gasteiger partial charge in [0.25, 0.3) is 11.5 Å². The molecule has 0 radical (unpaired) electrons. The number of aromatic nitrogens is 2. The number of carbonyl (C=O) groups excluding carboxylic acids is 3. The van der Waals surface area contributed by atoms with E-state index in [1.165, 1.54) is 12.8 Å². The minimum Gasteiger partial charge on any atom is -0.496 e. The maximum Gasteiger partial charge on any atom is 0.259 e. The summed E-state index contributed by atoms with van der Waals surface area (Å²) in [6.07, 6.45) is 10.8. The first-order valence-electron chi connectivity index (χ1n) is 22.1. The first-order chi connectivity index (χ1) is 29.7. The maximum atomic E-state index is 13.3. The van der Waals surface area contributed by atoms with Crippen molar-refractivity contribution in [2.24, 2.45) is 18.4 Å². The Labute approximate surface area is 362 Å². The van der Waals surface area contributed by atoms with Crippen LogP contribution in [-0.2, 0) is 35.3 Å². The molecule has 1 aliphatic carbocycles. The number of piperidine rings is 3. The number of carbonyl (C=O) groups is 3. The summed E-state index contributed by atoms with van der Waals surface area (Å²) < 4.78 is 20.0. The van der Waals surface area contributed by atoms with Crippen LogP contribution in [0.2, 0.25) is 0 Å². The van der Waals surface area contributed by atoms with E-state index < -0.39 is 17.6 Å². The number of pyridine rings is 2. The fourth-order valence-electron chi connectivity index (χ4n) is 10.5. The molecular weight excluding hydrogens is 789 g/mol. The molecule has 3 amide bonds. The van der Waals surface area contributed by atoms with Crippen molar-refractivity contribution in [2.45, 2.75) is 96.1 Å². The number of likely N-dealkylation sites (tertiary alicyclic amines) is 2. The molecule has 9 rings (SSSR count). The van der Waals surface area contributed by atoms with Gasteiger partial charge in [-0.05, 0) is 143 Å². The van der Waals surface area contributed by atoms with Crippen LogP contribution >= 0.6 is 0 Å². The largest absolute Gasteiger partial charge is 0.496 e. The molecule has 2 aromatic heterocycles. The molecule has 4 aliphatic heterocycles. The van der Waals surface area contributed by atoms with Gasteiger partial charge in [0.05, 0.1) is 37.0 Å². The molecule has 14 heteroatoms. The van der Waals surface area contributed by atoms with Crippen LogP contribution in [0, 0.1) is 11.3 Å². The topological polar surface area (TPSA) is 156 Å². The number of benzene rings is 2. The smallest absolute Gasteiger partial charge is 0.259 e. The standard InChI is InChI=1S/C48H58N6O8/c1-47(2,59)42-21-35-36(24-49-42)45(57)51(3)27-37(35)31-18-40(60-4)38(41(19-31)61-5)28-52-14-10-29(11-15-52)25-53-16-12-48(13-17-53)22-33(23-48)62-32-7-6-30-26-54(46(58)34(30)20-32)39-8-9-43(55)50-44(39)56/h6-7,18-21,24,27,29,33,39,59H,8-17,22-23,25-26,28H2,1-5H3,(H,50,55,56). The number of aliphatic hydroxyl groups is 1. The van der Waals surface area contributed by atoms with Gasteiger partial charge in [0, 0.05) is 56.6 Å². The molecule has 2 N–H and O–H groups in total. The Kier molecular flexibility index (Phi) is 11.1. The van der Waals surface area contributed by atoms with Crippen molar-refractivity contribution >= 4 is 28.5 Å². The van der Waals surface area contributed by atoms with Crippen LogP contribution in [0.15, 0.2) is 53.6 Å². The summed E-state index contributed by atoms with van der Waals surface area (Å²) in [4.78, 5) is 61.6. The number of nitrogens with one attached hydrogen (secondary N) is 1. The second-order valence-electron chi connectivity index (χ2n) is 18.9. The lowest BCUT2D eigenvalue weighted by Crippen LogP contribution is -2.52. The molecule has 1 atom stereocenters. The Hall–Kier alpha value is -5.31. The monoisotopic (exact) mass is 846 g/mol. The quantitative estimate of drug-likeness (QED) is 0.193. The van der Waals surface area contributed by atoms with Crippen LogP contribution in [-0.4, -0.2) is 106 Å². The number of imide groups is 1. The highest BCUT2D eigenvalue weighted by atomic mass is 16.5. The number of amides is 3. The zero-order chi connectivity index (χ0) is 43.5. The molecule has 6 heterocycles. The van der Waals surface area contributed by atoms with Gasteiger partial charge >= 0.3 is 0 Å². The van der Waals surface area contributed by atoms with Crippen LogP contribution in [0.1, 0.15) is 92.4 Å². The predicted octanol–water partition coefficient (Wildman–Crippen LogP) is 5.14. The summed E-state index contributed by atoms with van der Waals surface area (Å²) in [5, 5.41) is 14.3. The van der Waals surface area contributed by atoms with Crippen molar-refractivity contribution in [1.82, 2.24) is 29.6 Å². The molecule has 14 nitrogen and oxygen atoms in total. The molecule has 0 bridgehead atoms. The molecule has 62 heavy (non-hydrogen) atoms. The molecule has 1 unspecified atom stereocenters. The summed E-state index contributed by atoms with van der Waals surface area (Å²) in [5.41, 5.74) is 3.63. The highest BCUT2D eigenvalue weighted by Crippen LogP contribution is 2.51. The first kappa shape index (κ1) is 42.0. The van der Waals surface area contributed by atoms with Gasteiger partial charge in [-0.3, -0.25) is 34.4 Å². The zero-order valence-electron chi connectivity index (χ0n) is 36.5. The molecule has 328 valence electrons. The molecule has 4 fully saturated rings. The third-order valence-corrected chi connectivity index (χ3v) is 14.3. The molecule has 5 aliphatic rings. The van der Waals surface area contributed by atoms with Gasteiger partial charge in [-0.15, -0.1) is 0 Å². The molecule has 1 spiro atoms. The third-order valence-electron chi connectivity index (χ3n) is 14.3. The Morgan fingerprint density at radius 1 is 0.887 bits per heavy atom. The van der Waals surface area contributed by atoms with E-state index in [0.29, 0.717) is 58.6 Å². The van der Waals surface area contributed by atoms with Gasteiger partial charge in [-0.2, -0.15) is 0 Å². The van der Waals surface area contributed by atoms with Crippen molar-refractivity contribution in [3.63, 3.8) is 0 Å². The fourth-order valence-corrected chi connectivity index (χ4v) is 10.5. The van der Waals surface area contributed by atoms with E-state index in [1.54, 1.807) is 56.8 Å². The minimum absolute atomic E-state index is 0.138. The summed E-state index contributed by atoms with van der Waals surface area (Å²) in [6.45, 7) is 9.78. The average molecular weight is 847 g/mol. The van der Waals surface area contributed by atoms with E-state index in [0.717, 1.165) is 92.2 Å². The average Bonchev–Trinajstić information content (AvgIpc) is 3.57. The molecular formula is C48H58N6O8. The van der Waals surface area contributed by atoms with Crippen molar-refractivity contribution in [3.8, 4) is 28.4 Å². The lowest BCUT2D eigenvalue weighted by atomic mass is 9.61. The first-order valence-corrected chi connectivity index (χ1v) is 22.1. The summed E-state index contributed by atoms with van der Waals surface area (Å²) in [5.74, 6) is 1.95. The highest BCUT2D eigenvalue weighted by Gasteiger charge is 2.47. The highest BCUT2D eigenvalue weighted by molar-refractivity contribution is 6.05. The van der Waals surface area contributed by atoms with Gasteiger partial charge < -0.3 is 33.7 Å².